The number of likely N-dealkylation sites (N-methyl/N-ethyl adjacent to an activating group) is 1. The fraction of sp³-hybridized carbons (Fsp3) is 0.944. The quantitative estimate of drug-likeness (QED) is 0.823. The Morgan fingerprint density at radius 1 is 1.13 bits per heavy atom. The molecule has 2 N–H and O–H groups in total. The van der Waals surface area contributed by atoms with Crippen molar-refractivity contribution in [1.29, 1.82) is 0 Å². The molecule has 0 radical (unpaired) electrons. The van der Waals surface area contributed by atoms with Crippen LogP contribution >= 0.6 is 12.4 Å². The molecule has 0 aromatic carbocycles. The number of carbonyl (C=O) groups is 1. The van der Waals surface area contributed by atoms with E-state index in [4.69, 9.17) is 0 Å². The molecule has 5 aliphatic rings. The van der Waals surface area contributed by atoms with Crippen molar-refractivity contribution in [3.8, 4) is 0 Å². The number of nitrogens with zero attached hydrogens (tertiary/aromatic N) is 1. The highest BCUT2D eigenvalue weighted by molar-refractivity contribution is 5.85. The summed E-state index contributed by atoms with van der Waals surface area (Å²) in [6.07, 6.45) is 10.5. The standard InChI is InChI=1S/C18H31N3O.ClH/c1-19-16-3-2-4-21(11-16)12-17(22)20-18-8-13-5-14(9-18)7-15(6-13)10-18;/h13-16,19H,2-12H2,1H3,(H,20,22);1H. The fourth-order valence-corrected chi connectivity index (χ4v) is 6.24. The van der Waals surface area contributed by atoms with Gasteiger partial charge >= 0.3 is 0 Å². The lowest BCUT2D eigenvalue weighted by atomic mass is 9.53. The maximum Gasteiger partial charge on any atom is 0.234 e. The summed E-state index contributed by atoms with van der Waals surface area (Å²) in [5, 5.41) is 6.86. The second-order valence-electron chi connectivity index (χ2n) is 8.61. The number of carbonyl (C=O) groups excluding carboxylic acids is 1. The van der Waals surface area contributed by atoms with Crippen LogP contribution in [0.5, 0.6) is 0 Å². The second kappa shape index (κ2) is 6.89. The first kappa shape index (κ1) is 17.5. The molecule has 1 amide bonds. The van der Waals surface area contributed by atoms with Gasteiger partial charge in [-0.05, 0) is 82.7 Å². The number of amides is 1. The van der Waals surface area contributed by atoms with Crippen molar-refractivity contribution in [3.05, 3.63) is 0 Å². The van der Waals surface area contributed by atoms with Crippen molar-refractivity contribution in [1.82, 2.24) is 15.5 Å². The van der Waals surface area contributed by atoms with Crippen LogP contribution in [0.2, 0.25) is 0 Å². The molecule has 4 bridgehead atoms. The van der Waals surface area contributed by atoms with E-state index in [-0.39, 0.29) is 23.9 Å². The van der Waals surface area contributed by atoms with Crippen LogP contribution in [0.1, 0.15) is 51.4 Å². The van der Waals surface area contributed by atoms with Gasteiger partial charge in [0.25, 0.3) is 0 Å². The minimum absolute atomic E-state index is 0. The Labute approximate surface area is 146 Å². The third kappa shape index (κ3) is 3.69. The summed E-state index contributed by atoms with van der Waals surface area (Å²) >= 11 is 0. The molecule has 1 aliphatic heterocycles. The van der Waals surface area contributed by atoms with E-state index in [1.807, 2.05) is 7.05 Å². The van der Waals surface area contributed by atoms with Crippen LogP contribution in [0.3, 0.4) is 0 Å². The average Bonchev–Trinajstić information content (AvgIpc) is 2.45. The van der Waals surface area contributed by atoms with Gasteiger partial charge in [0.05, 0.1) is 6.54 Å². The molecule has 4 saturated carbocycles. The summed E-state index contributed by atoms with van der Waals surface area (Å²) < 4.78 is 0. The minimum atomic E-state index is 0. The Hall–Kier alpha value is -0.320. The lowest BCUT2D eigenvalue weighted by molar-refractivity contribution is -0.128. The van der Waals surface area contributed by atoms with Crippen molar-refractivity contribution >= 4 is 18.3 Å². The zero-order valence-electron chi connectivity index (χ0n) is 14.4. The van der Waals surface area contributed by atoms with Gasteiger partial charge in [-0.15, -0.1) is 12.4 Å². The van der Waals surface area contributed by atoms with Gasteiger partial charge in [0.1, 0.15) is 0 Å². The van der Waals surface area contributed by atoms with Gasteiger partial charge in [0.15, 0.2) is 0 Å². The topological polar surface area (TPSA) is 44.4 Å². The summed E-state index contributed by atoms with van der Waals surface area (Å²) in [4.78, 5) is 15.0. The second-order valence-corrected chi connectivity index (χ2v) is 8.61. The Balaban J connectivity index is 0.00000156. The highest BCUT2D eigenvalue weighted by Crippen LogP contribution is 2.55. The summed E-state index contributed by atoms with van der Waals surface area (Å²) in [7, 11) is 2.03. The summed E-state index contributed by atoms with van der Waals surface area (Å²) in [6.45, 7) is 2.69. The molecule has 4 aliphatic carbocycles. The molecular formula is C18H32ClN3O. The highest BCUT2D eigenvalue weighted by atomic mass is 35.5. The Morgan fingerprint density at radius 3 is 2.30 bits per heavy atom. The number of halogens is 1. The third-order valence-electron chi connectivity index (χ3n) is 6.72. The van der Waals surface area contributed by atoms with Crippen molar-refractivity contribution in [2.45, 2.75) is 62.9 Å². The molecule has 4 nitrogen and oxygen atoms in total. The number of hydrogen-bond donors (Lipinski definition) is 2. The highest BCUT2D eigenvalue weighted by Gasteiger charge is 2.51. The van der Waals surface area contributed by atoms with Gasteiger partial charge in [-0.1, -0.05) is 0 Å². The molecule has 132 valence electrons. The van der Waals surface area contributed by atoms with Crippen LogP contribution in [0.25, 0.3) is 0 Å². The first-order valence-electron chi connectivity index (χ1n) is 9.35. The van der Waals surface area contributed by atoms with E-state index >= 15 is 0 Å². The van der Waals surface area contributed by atoms with Crippen molar-refractivity contribution < 1.29 is 4.79 Å². The van der Waals surface area contributed by atoms with Crippen molar-refractivity contribution in [3.63, 3.8) is 0 Å². The van der Waals surface area contributed by atoms with E-state index in [9.17, 15) is 4.79 Å². The predicted molar refractivity (Wildman–Crippen MR) is 94.8 cm³/mol. The summed E-state index contributed by atoms with van der Waals surface area (Å²) in [5.41, 5.74) is 0.171. The normalized spacial score (nSPS) is 42.3. The Kier molecular flexibility index (Phi) is 5.24. The van der Waals surface area contributed by atoms with Crippen LogP contribution in [0.4, 0.5) is 0 Å². The first-order chi connectivity index (χ1) is 10.6. The first-order valence-corrected chi connectivity index (χ1v) is 9.35. The maximum atomic E-state index is 12.6. The maximum absolute atomic E-state index is 12.6. The zero-order chi connectivity index (χ0) is 15.2. The lowest BCUT2D eigenvalue weighted by Crippen LogP contribution is -2.61. The van der Waals surface area contributed by atoms with E-state index in [0.717, 1.165) is 30.8 Å². The molecule has 1 saturated heterocycles. The fourth-order valence-electron chi connectivity index (χ4n) is 6.24. The Morgan fingerprint density at radius 2 is 1.74 bits per heavy atom. The van der Waals surface area contributed by atoms with Gasteiger partial charge in [-0.3, -0.25) is 9.69 Å². The van der Waals surface area contributed by atoms with E-state index in [2.05, 4.69) is 15.5 Å². The van der Waals surface area contributed by atoms with Gasteiger partial charge in [0, 0.05) is 18.1 Å². The van der Waals surface area contributed by atoms with E-state index < -0.39 is 0 Å². The molecule has 5 heteroatoms. The van der Waals surface area contributed by atoms with Crippen LogP contribution in [0.15, 0.2) is 0 Å². The van der Waals surface area contributed by atoms with Crippen LogP contribution < -0.4 is 10.6 Å². The van der Waals surface area contributed by atoms with E-state index in [1.165, 1.54) is 51.4 Å². The van der Waals surface area contributed by atoms with Gasteiger partial charge < -0.3 is 10.6 Å². The van der Waals surface area contributed by atoms with Crippen molar-refractivity contribution in [2.75, 3.05) is 26.7 Å². The van der Waals surface area contributed by atoms with Gasteiger partial charge in [0.2, 0.25) is 5.91 Å². The van der Waals surface area contributed by atoms with E-state index in [0.29, 0.717) is 12.6 Å². The van der Waals surface area contributed by atoms with Crippen LogP contribution in [-0.2, 0) is 4.79 Å². The monoisotopic (exact) mass is 341 g/mol. The number of piperidine rings is 1. The van der Waals surface area contributed by atoms with E-state index in [1.54, 1.807) is 0 Å². The van der Waals surface area contributed by atoms with Gasteiger partial charge in [-0.2, -0.15) is 0 Å². The van der Waals surface area contributed by atoms with Crippen LogP contribution in [0, 0.1) is 17.8 Å². The molecule has 0 spiro atoms. The number of likely N-dealkylation sites (tertiary alicyclic amines) is 1. The number of nitrogens with one attached hydrogen (secondary N) is 2. The number of rotatable bonds is 4. The summed E-state index contributed by atoms with van der Waals surface area (Å²) in [5.74, 6) is 2.97. The molecule has 1 atom stereocenters. The molecule has 1 heterocycles. The Bertz CT molecular complexity index is 407. The average molecular weight is 342 g/mol. The molecule has 0 aromatic rings. The third-order valence-corrected chi connectivity index (χ3v) is 6.72. The molecule has 5 rings (SSSR count). The molecular weight excluding hydrogens is 310 g/mol. The predicted octanol–water partition coefficient (Wildman–Crippen LogP) is 2.18. The molecule has 23 heavy (non-hydrogen) atoms. The smallest absolute Gasteiger partial charge is 0.234 e. The molecule has 0 aromatic heterocycles. The minimum Gasteiger partial charge on any atom is -0.350 e. The SMILES string of the molecule is CNC1CCCN(CC(=O)NC23CC4CC(CC(C4)C2)C3)C1.Cl. The number of hydrogen-bond acceptors (Lipinski definition) is 3. The lowest BCUT2D eigenvalue weighted by Gasteiger charge is -2.57. The molecule has 5 fully saturated rings. The molecule has 1 unspecified atom stereocenters. The van der Waals surface area contributed by atoms with Crippen molar-refractivity contribution in [2.24, 2.45) is 17.8 Å². The summed E-state index contributed by atoms with van der Waals surface area (Å²) in [6, 6.07) is 0.557. The van der Waals surface area contributed by atoms with Crippen LogP contribution in [-0.4, -0.2) is 49.1 Å². The zero-order valence-corrected chi connectivity index (χ0v) is 15.2. The largest absolute Gasteiger partial charge is 0.350 e. The van der Waals surface area contributed by atoms with Gasteiger partial charge in [-0.25, -0.2) is 0 Å².